The number of nitrogens with zero attached hydrogens (tertiary/aromatic N) is 2. The Morgan fingerprint density at radius 1 is 1.04 bits per heavy atom. The molecule has 2 amide bonds. The van der Waals surface area contributed by atoms with Crippen molar-refractivity contribution in [2.75, 3.05) is 38.0 Å². The Labute approximate surface area is 160 Å². The fourth-order valence-corrected chi connectivity index (χ4v) is 3.32. The number of piperazine rings is 1. The lowest BCUT2D eigenvalue weighted by molar-refractivity contribution is 0.148. The number of hydrogen-bond donors (Lipinski definition) is 1. The van der Waals surface area contributed by atoms with Crippen LogP contribution >= 0.6 is 11.6 Å². The van der Waals surface area contributed by atoms with Gasteiger partial charge in [0.1, 0.15) is 0 Å². The zero-order chi connectivity index (χ0) is 18.5. The molecule has 0 aliphatic carbocycles. The van der Waals surface area contributed by atoms with Crippen LogP contribution in [0.25, 0.3) is 0 Å². The molecule has 26 heavy (non-hydrogen) atoms. The van der Waals surface area contributed by atoms with E-state index >= 15 is 0 Å². The highest BCUT2D eigenvalue weighted by atomic mass is 35.5. The monoisotopic (exact) mass is 371 g/mol. The van der Waals surface area contributed by atoms with Crippen molar-refractivity contribution >= 4 is 23.3 Å². The summed E-state index contributed by atoms with van der Waals surface area (Å²) in [6.45, 7) is 8.45. The van der Waals surface area contributed by atoms with E-state index in [1.807, 2.05) is 36.1 Å². The van der Waals surface area contributed by atoms with E-state index in [0.29, 0.717) is 0 Å². The van der Waals surface area contributed by atoms with Crippen molar-refractivity contribution in [2.45, 2.75) is 20.3 Å². The zero-order valence-electron chi connectivity index (χ0n) is 15.5. The first-order chi connectivity index (χ1) is 12.5. The Morgan fingerprint density at radius 3 is 2.42 bits per heavy atom. The van der Waals surface area contributed by atoms with Crippen LogP contribution in [0.3, 0.4) is 0 Å². The normalized spacial score (nSPS) is 15.1. The first kappa shape index (κ1) is 18.7. The summed E-state index contributed by atoms with van der Waals surface area (Å²) in [5.74, 6) is 0. The molecule has 1 aliphatic rings. The maximum Gasteiger partial charge on any atom is 0.321 e. The van der Waals surface area contributed by atoms with Gasteiger partial charge in [0.15, 0.2) is 0 Å². The average Bonchev–Trinajstić information content (AvgIpc) is 2.65. The van der Waals surface area contributed by atoms with Crippen molar-refractivity contribution in [3.63, 3.8) is 0 Å². The van der Waals surface area contributed by atoms with Gasteiger partial charge >= 0.3 is 6.03 Å². The summed E-state index contributed by atoms with van der Waals surface area (Å²) >= 11 is 5.93. The van der Waals surface area contributed by atoms with Crippen LogP contribution < -0.4 is 5.32 Å². The van der Waals surface area contributed by atoms with Crippen molar-refractivity contribution < 1.29 is 4.79 Å². The maximum absolute atomic E-state index is 12.5. The number of carbonyl (C=O) groups excluding carboxylic acids is 1. The number of rotatable bonds is 4. The number of carbonyl (C=O) groups is 1. The van der Waals surface area contributed by atoms with Gasteiger partial charge in [-0.2, -0.15) is 0 Å². The molecular formula is C21H26ClN3O. The lowest BCUT2D eigenvalue weighted by atomic mass is 10.1. The molecule has 5 heteroatoms. The number of benzene rings is 2. The van der Waals surface area contributed by atoms with Gasteiger partial charge in [-0.25, -0.2) is 4.79 Å². The minimum Gasteiger partial charge on any atom is -0.322 e. The number of nitrogens with one attached hydrogen (secondary N) is 1. The molecule has 138 valence electrons. The Hall–Kier alpha value is -2.04. The Kier molecular flexibility index (Phi) is 6.17. The number of aryl methyl sites for hydroxylation is 1. The van der Waals surface area contributed by atoms with Crippen molar-refractivity contribution in [3.8, 4) is 0 Å². The highest BCUT2D eigenvalue weighted by Gasteiger charge is 2.21. The summed E-state index contributed by atoms with van der Waals surface area (Å²) in [6.07, 6.45) is 1.01. The predicted molar refractivity (Wildman–Crippen MR) is 108 cm³/mol. The molecule has 1 fully saturated rings. The van der Waals surface area contributed by atoms with Gasteiger partial charge in [-0.15, -0.1) is 0 Å². The van der Waals surface area contributed by atoms with E-state index in [2.05, 4.69) is 35.3 Å². The van der Waals surface area contributed by atoms with Gasteiger partial charge in [-0.05, 0) is 55.2 Å². The molecule has 2 aromatic rings. The van der Waals surface area contributed by atoms with Crippen molar-refractivity contribution in [1.29, 1.82) is 0 Å². The molecule has 1 saturated heterocycles. The number of hydrogen-bond acceptors (Lipinski definition) is 2. The summed E-state index contributed by atoms with van der Waals surface area (Å²) in [5, 5.41) is 3.83. The molecule has 3 rings (SSSR count). The third-order valence-electron chi connectivity index (χ3n) is 5.14. The molecular weight excluding hydrogens is 346 g/mol. The third-order valence-corrected chi connectivity index (χ3v) is 5.39. The van der Waals surface area contributed by atoms with E-state index in [1.165, 1.54) is 11.1 Å². The number of amides is 2. The standard InChI is InChI=1S/C21H26ClN3O/c1-16-4-3-5-20(17(16)2)23-21(26)25-14-12-24(13-15-25)11-10-18-6-8-19(22)9-7-18/h3-9H,10-15H2,1-2H3,(H,23,26). The molecule has 1 N–H and O–H groups in total. The molecule has 0 unspecified atom stereocenters. The third kappa shape index (κ3) is 4.77. The first-order valence-electron chi connectivity index (χ1n) is 9.12. The number of anilines is 1. The Balaban J connectivity index is 1.46. The molecule has 0 spiro atoms. The van der Waals surface area contributed by atoms with Gasteiger partial charge in [0.2, 0.25) is 0 Å². The second-order valence-corrected chi connectivity index (χ2v) is 7.32. The highest BCUT2D eigenvalue weighted by molar-refractivity contribution is 6.30. The first-order valence-corrected chi connectivity index (χ1v) is 9.49. The second kappa shape index (κ2) is 8.56. The second-order valence-electron chi connectivity index (χ2n) is 6.88. The SMILES string of the molecule is Cc1cccc(NC(=O)N2CCN(CCc3ccc(Cl)cc3)CC2)c1C. The minimum atomic E-state index is -0.00366. The van der Waals surface area contributed by atoms with Crippen LogP contribution in [0.2, 0.25) is 5.02 Å². The smallest absolute Gasteiger partial charge is 0.321 e. The largest absolute Gasteiger partial charge is 0.322 e. The van der Waals surface area contributed by atoms with Gasteiger partial charge < -0.3 is 10.2 Å². The quantitative estimate of drug-likeness (QED) is 0.867. The van der Waals surface area contributed by atoms with Gasteiger partial charge in [0, 0.05) is 43.4 Å². The molecule has 1 aliphatic heterocycles. The molecule has 2 aromatic carbocycles. The van der Waals surface area contributed by atoms with Crippen molar-refractivity contribution in [1.82, 2.24) is 9.80 Å². The average molecular weight is 372 g/mol. The number of halogens is 1. The van der Waals surface area contributed by atoms with E-state index in [1.54, 1.807) is 0 Å². The minimum absolute atomic E-state index is 0.00366. The van der Waals surface area contributed by atoms with E-state index < -0.39 is 0 Å². The van der Waals surface area contributed by atoms with E-state index in [4.69, 9.17) is 11.6 Å². The molecule has 1 heterocycles. The lowest BCUT2D eigenvalue weighted by Gasteiger charge is -2.34. The van der Waals surface area contributed by atoms with E-state index in [-0.39, 0.29) is 6.03 Å². The van der Waals surface area contributed by atoms with Gasteiger partial charge in [0.05, 0.1) is 0 Å². The van der Waals surface area contributed by atoms with Crippen LogP contribution in [0.4, 0.5) is 10.5 Å². The van der Waals surface area contributed by atoms with Gasteiger partial charge in [-0.3, -0.25) is 4.90 Å². The molecule has 0 saturated carbocycles. The predicted octanol–water partition coefficient (Wildman–Crippen LogP) is 4.35. The van der Waals surface area contributed by atoms with Crippen LogP contribution in [0, 0.1) is 13.8 Å². The van der Waals surface area contributed by atoms with Crippen LogP contribution in [0.1, 0.15) is 16.7 Å². The molecule has 0 bridgehead atoms. The summed E-state index contributed by atoms with van der Waals surface area (Å²) in [4.78, 5) is 16.8. The molecule has 0 atom stereocenters. The topological polar surface area (TPSA) is 35.6 Å². The van der Waals surface area contributed by atoms with Crippen molar-refractivity contribution in [3.05, 3.63) is 64.2 Å². The molecule has 0 aromatic heterocycles. The highest BCUT2D eigenvalue weighted by Crippen LogP contribution is 2.19. The fourth-order valence-electron chi connectivity index (χ4n) is 3.19. The molecule has 4 nitrogen and oxygen atoms in total. The summed E-state index contributed by atoms with van der Waals surface area (Å²) in [6, 6.07) is 14.0. The Morgan fingerprint density at radius 2 is 1.73 bits per heavy atom. The Bertz CT molecular complexity index is 752. The maximum atomic E-state index is 12.5. The summed E-state index contributed by atoms with van der Waals surface area (Å²) in [7, 11) is 0. The van der Waals surface area contributed by atoms with Crippen LogP contribution in [0.5, 0.6) is 0 Å². The van der Waals surface area contributed by atoms with Gasteiger partial charge in [-0.1, -0.05) is 35.9 Å². The van der Waals surface area contributed by atoms with Crippen molar-refractivity contribution in [2.24, 2.45) is 0 Å². The van der Waals surface area contributed by atoms with E-state index in [0.717, 1.165) is 55.4 Å². The zero-order valence-corrected chi connectivity index (χ0v) is 16.2. The van der Waals surface area contributed by atoms with E-state index in [9.17, 15) is 4.79 Å². The van der Waals surface area contributed by atoms with Crippen LogP contribution in [0.15, 0.2) is 42.5 Å². The van der Waals surface area contributed by atoms with Gasteiger partial charge in [0.25, 0.3) is 0 Å². The van der Waals surface area contributed by atoms with Crippen LogP contribution in [-0.4, -0.2) is 48.6 Å². The number of urea groups is 1. The fraction of sp³-hybridized carbons (Fsp3) is 0.381. The molecule has 0 radical (unpaired) electrons. The summed E-state index contributed by atoms with van der Waals surface area (Å²) in [5.41, 5.74) is 4.52. The summed E-state index contributed by atoms with van der Waals surface area (Å²) < 4.78 is 0. The van der Waals surface area contributed by atoms with Crippen LogP contribution in [-0.2, 0) is 6.42 Å². The lowest BCUT2D eigenvalue weighted by Crippen LogP contribution is -2.50.